The van der Waals surface area contributed by atoms with Gasteiger partial charge in [-0.3, -0.25) is 9.69 Å². The smallest absolute Gasteiger partial charge is 0.250 e. The number of hydrogen-bond donors (Lipinski definition) is 1. The van der Waals surface area contributed by atoms with Gasteiger partial charge in [0.1, 0.15) is 0 Å². The summed E-state index contributed by atoms with van der Waals surface area (Å²) in [4.78, 5) is 13.8. The van der Waals surface area contributed by atoms with E-state index >= 15 is 0 Å². The second-order valence-corrected chi connectivity index (χ2v) is 4.26. The van der Waals surface area contributed by atoms with Crippen LogP contribution in [0.3, 0.4) is 0 Å². The van der Waals surface area contributed by atoms with Crippen LogP contribution in [0.5, 0.6) is 0 Å². The lowest BCUT2D eigenvalue weighted by molar-refractivity contribution is -0.0240. The Morgan fingerprint density at radius 2 is 2.29 bits per heavy atom. The first kappa shape index (κ1) is 12.3. The van der Waals surface area contributed by atoms with Crippen LogP contribution in [0.15, 0.2) is 29.2 Å². The molecule has 2 heterocycles. The van der Waals surface area contributed by atoms with Crippen LogP contribution in [0.4, 0.5) is 0 Å². The van der Waals surface area contributed by atoms with Gasteiger partial charge in [0.05, 0.1) is 12.7 Å². The Labute approximate surface area is 101 Å². The topological polar surface area (TPSA) is 60.5 Å². The lowest BCUT2D eigenvalue weighted by Crippen LogP contribution is -2.46. The maximum absolute atomic E-state index is 11.5. The molecule has 1 atom stereocenters. The minimum Gasteiger partial charge on any atom is -0.374 e. The van der Waals surface area contributed by atoms with E-state index in [0.717, 1.165) is 32.8 Å². The van der Waals surface area contributed by atoms with Crippen LogP contribution in [-0.2, 0) is 11.3 Å². The zero-order valence-corrected chi connectivity index (χ0v) is 9.92. The summed E-state index contributed by atoms with van der Waals surface area (Å²) in [5.74, 6) is 0. The first-order valence-corrected chi connectivity index (χ1v) is 5.99. The summed E-state index contributed by atoms with van der Waals surface area (Å²) in [6, 6.07) is 5.23. The molecule has 1 aromatic rings. The largest absolute Gasteiger partial charge is 0.374 e. The minimum atomic E-state index is 0.0520. The quantitative estimate of drug-likeness (QED) is 0.767. The summed E-state index contributed by atoms with van der Waals surface area (Å²) < 4.78 is 7.23. The van der Waals surface area contributed by atoms with Crippen molar-refractivity contribution in [3.05, 3.63) is 34.7 Å². The third kappa shape index (κ3) is 3.39. The molecule has 5 nitrogen and oxygen atoms in total. The summed E-state index contributed by atoms with van der Waals surface area (Å²) in [6.45, 7) is 4.64. The predicted octanol–water partition coefficient (Wildman–Crippen LogP) is -0.492. The molecule has 1 fully saturated rings. The van der Waals surface area contributed by atoms with Gasteiger partial charge in [-0.1, -0.05) is 6.07 Å². The van der Waals surface area contributed by atoms with Crippen molar-refractivity contribution in [1.29, 1.82) is 0 Å². The molecular weight excluding hydrogens is 218 g/mol. The van der Waals surface area contributed by atoms with Crippen molar-refractivity contribution in [1.82, 2.24) is 9.47 Å². The van der Waals surface area contributed by atoms with Crippen molar-refractivity contribution in [3.8, 4) is 0 Å². The van der Waals surface area contributed by atoms with Crippen molar-refractivity contribution < 1.29 is 4.74 Å². The molecule has 1 aromatic heterocycles. The monoisotopic (exact) mass is 237 g/mol. The number of ether oxygens (including phenoxy) is 1. The minimum absolute atomic E-state index is 0.0520. The number of morpholine rings is 1. The SMILES string of the molecule is NCC1CN(CCn2ccccc2=O)CCO1. The summed E-state index contributed by atoms with van der Waals surface area (Å²) in [5.41, 5.74) is 5.64. The van der Waals surface area contributed by atoms with Crippen LogP contribution in [0.1, 0.15) is 0 Å². The van der Waals surface area contributed by atoms with E-state index in [-0.39, 0.29) is 11.7 Å². The van der Waals surface area contributed by atoms with Crippen molar-refractivity contribution in [2.75, 3.05) is 32.8 Å². The van der Waals surface area contributed by atoms with Gasteiger partial charge in [0.25, 0.3) is 5.56 Å². The van der Waals surface area contributed by atoms with Gasteiger partial charge >= 0.3 is 0 Å². The Hall–Kier alpha value is -1.17. The van der Waals surface area contributed by atoms with Crippen LogP contribution in [-0.4, -0.2) is 48.4 Å². The van der Waals surface area contributed by atoms with Gasteiger partial charge < -0.3 is 15.0 Å². The molecule has 5 heteroatoms. The molecule has 0 saturated carbocycles. The van der Waals surface area contributed by atoms with E-state index in [0.29, 0.717) is 6.54 Å². The van der Waals surface area contributed by atoms with Crippen LogP contribution in [0, 0.1) is 0 Å². The highest BCUT2D eigenvalue weighted by Crippen LogP contribution is 2.03. The van der Waals surface area contributed by atoms with Crippen molar-refractivity contribution >= 4 is 0 Å². The molecule has 2 rings (SSSR count). The van der Waals surface area contributed by atoms with Crippen LogP contribution in [0.2, 0.25) is 0 Å². The fourth-order valence-corrected chi connectivity index (χ4v) is 2.02. The van der Waals surface area contributed by atoms with Crippen molar-refractivity contribution in [3.63, 3.8) is 0 Å². The summed E-state index contributed by atoms with van der Waals surface area (Å²) in [5, 5.41) is 0. The van der Waals surface area contributed by atoms with Gasteiger partial charge in [-0.2, -0.15) is 0 Å². The fourth-order valence-electron chi connectivity index (χ4n) is 2.02. The second kappa shape index (κ2) is 5.95. The average Bonchev–Trinajstić information content (AvgIpc) is 2.38. The zero-order chi connectivity index (χ0) is 12.1. The molecule has 0 radical (unpaired) electrons. The van der Waals surface area contributed by atoms with Gasteiger partial charge in [-0.25, -0.2) is 0 Å². The third-order valence-corrected chi connectivity index (χ3v) is 3.04. The van der Waals surface area contributed by atoms with Crippen LogP contribution >= 0.6 is 0 Å². The van der Waals surface area contributed by atoms with Gasteiger partial charge in [0.2, 0.25) is 0 Å². The van der Waals surface area contributed by atoms with E-state index in [1.807, 2.05) is 12.3 Å². The molecule has 0 spiro atoms. The molecule has 1 aliphatic heterocycles. The molecule has 0 bridgehead atoms. The number of rotatable bonds is 4. The van der Waals surface area contributed by atoms with Crippen molar-refractivity contribution in [2.45, 2.75) is 12.6 Å². The lowest BCUT2D eigenvalue weighted by Gasteiger charge is -2.32. The summed E-state index contributed by atoms with van der Waals surface area (Å²) in [6.07, 6.45) is 1.96. The Morgan fingerprint density at radius 1 is 1.41 bits per heavy atom. The van der Waals surface area contributed by atoms with E-state index in [1.165, 1.54) is 0 Å². The molecule has 1 unspecified atom stereocenters. The molecule has 0 aromatic carbocycles. The van der Waals surface area contributed by atoms with Gasteiger partial charge in [0.15, 0.2) is 0 Å². The number of nitrogens with two attached hydrogens (primary N) is 1. The van der Waals surface area contributed by atoms with Crippen LogP contribution < -0.4 is 11.3 Å². The van der Waals surface area contributed by atoms with E-state index in [9.17, 15) is 4.79 Å². The van der Waals surface area contributed by atoms with E-state index < -0.39 is 0 Å². The third-order valence-electron chi connectivity index (χ3n) is 3.04. The molecule has 1 aliphatic rings. The summed E-state index contributed by atoms with van der Waals surface area (Å²) in [7, 11) is 0. The number of nitrogens with zero attached hydrogens (tertiary/aromatic N) is 2. The highest BCUT2D eigenvalue weighted by Gasteiger charge is 2.18. The van der Waals surface area contributed by atoms with E-state index in [1.54, 1.807) is 16.7 Å². The Balaban J connectivity index is 1.86. The highest BCUT2D eigenvalue weighted by molar-refractivity contribution is 4.93. The molecule has 2 N–H and O–H groups in total. The zero-order valence-electron chi connectivity index (χ0n) is 9.92. The van der Waals surface area contributed by atoms with Gasteiger partial charge in [-0.05, 0) is 6.07 Å². The number of hydrogen-bond acceptors (Lipinski definition) is 4. The Morgan fingerprint density at radius 3 is 3.06 bits per heavy atom. The maximum Gasteiger partial charge on any atom is 0.250 e. The van der Waals surface area contributed by atoms with E-state index in [2.05, 4.69) is 4.90 Å². The summed E-state index contributed by atoms with van der Waals surface area (Å²) >= 11 is 0. The Bertz CT molecular complexity index is 405. The van der Waals surface area contributed by atoms with Crippen LogP contribution in [0.25, 0.3) is 0 Å². The Kier molecular flexibility index (Phi) is 4.30. The molecule has 17 heavy (non-hydrogen) atoms. The molecule has 0 amide bonds. The molecule has 1 saturated heterocycles. The fraction of sp³-hybridized carbons (Fsp3) is 0.583. The highest BCUT2D eigenvalue weighted by atomic mass is 16.5. The standard InChI is InChI=1S/C12H19N3O2/c13-9-11-10-14(7-8-17-11)5-6-15-4-2-1-3-12(15)16/h1-4,11H,5-10,13H2. The molecular formula is C12H19N3O2. The molecule has 0 aliphatic carbocycles. The normalized spacial score (nSPS) is 21.6. The first-order valence-electron chi connectivity index (χ1n) is 5.99. The maximum atomic E-state index is 11.5. The van der Waals surface area contributed by atoms with Gasteiger partial charge in [0, 0.05) is 45.0 Å². The van der Waals surface area contributed by atoms with Gasteiger partial charge in [-0.15, -0.1) is 0 Å². The second-order valence-electron chi connectivity index (χ2n) is 4.26. The number of pyridine rings is 1. The van der Waals surface area contributed by atoms with Crippen molar-refractivity contribution in [2.24, 2.45) is 5.73 Å². The van der Waals surface area contributed by atoms with E-state index in [4.69, 9.17) is 10.5 Å². The molecule has 94 valence electrons. The average molecular weight is 237 g/mol. The predicted molar refractivity (Wildman–Crippen MR) is 65.9 cm³/mol. The number of aromatic nitrogens is 1. The first-order chi connectivity index (χ1) is 8.29. The lowest BCUT2D eigenvalue weighted by atomic mass is 10.2.